The van der Waals surface area contributed by atoms with Crippen LogP contribution in [0.5, 0.6) is 5.75 Å². The van der Waals surface area contributed by atoms with Crippen LogP contribution in [-0.4, -0.2) is 20.1 Å². The van der Waals surface area contributed by atoms with E-state index >= 15 is 0 Å². The SMILES string of the molecule is CNc1c(F)cccc1C(=O)Nc1ccc(Cl)c(OC)c1. The van der Waals surface area contributed by atoms with Crippen molar-refractivity contribution >= 4 is 28.9 Å². The van der Waals surface area contributed by atoms with Gasteiger partial charge in [0.05, 0.1) is 23.4 Å². The first-order chi connectivity index (χ1) is 10.1. The molecule has 21 heavy (non-hydrogen) atoms. The Morgan fingerprint density at radius 1 is 1.29 bits per heavy atom. The number of methoxy groups -OCH3 is 1. The third-order valence-corrected chi connectivity index (χ3v) is 3.23. The maximum absolute atomic E-state index is 13.6. The van der Waals surface area contributed by atoms with E-state index in [-0.39, 0.29) is 11.3 Å². The van der Waals surface area contributed by atoms with Crippen LogP contribution < -0.4 is 15.4 Å². The zero-order valence-corrected chi connectivity index (χ0v) is 12.3. The molecule has 2 aromatic carbocycles. The first-order valence-corrected chi connectivity index (χ1v) is 6.55. The van der Waals surface area contributed by atoms with Gasteiger partial charge >= 0.3 is 0 Å². The minimum Gasteiger partial charge on any atom is -0.495 e. The fraction of sp³-hybridized carbons (Fsp3) is 0.133. The molecule has 1 amide bonds. The van der Waals surface area contributed by atoms with Gasteiger partial charge in [0.2, 0.25) is 0 Å². The first-order valence-electron chi connectivity index (χ1n) is 6.18. The van der Waals surface area contributed by atoms with E-state index < -0.39 is 11.7 Å². The summed E-state index contributed by atoms with van der Waals surface area (Å²) in [6, 6.07) is 9.15. The van der Waals surface area contributed by atoms with Crippen molar-refractivity contribution in [1.82, 2.24) is 0 Å². The smallest absolute Gasteiger partial charge is 0.257 e. The molecule has 4 nitrogen and oxygen atoms in total. The molecular weight excluding hydrogens is 295 g/mol. The van der Waals surface area contributed by atoms with E-state index in [4.69, 9.17) is 16.3 Å². The number of hydrogen-bond acceptors (Lipinski definition) is 3. The summed E-state index contributed by atoms with van der Waals surface area (Å²) in [6.07, 6.45) is 0. The van der Waals surface area contributed by atoms with E-state index in [0.29, 0.717) is 16.5 Å². The topological polar surface area (TPSA) is 50.4 Å². The second kappa shape index (κ2) is 6.45. The molecule has 0 atom stereocenters. The predicted octanol–water partition coefficient (Wildman–Crippen LogP) is 3.78. The van der Waals surface area contributed by atoms with Crippen LogP contribution in [0.15, 0.2) is 36.4 Å². The molecule has 0 aliphatic carbocycles. The Balaban J connectivity index is 2.28. The number of ether oxygens (including phenoxy) is 1. The van der Waals surface area contributed by atoms with Crippen molar-refractivity contribution in [2.24, 2.45) is 0 Å². The minimum absolute atomic E-state index is 0.149. The van der Waals surface area contributed by atoms with Crippen LogP contribution in [0.4, 0.5) is 15.8 Å². The van der Waals surface area contributed by atoms with Gasteiger partial charge in [0.15, 0.2) is 0 Å². The van der Waals surface area contributed by atoms with E-state index in [9.17, 15) is 9.18 Å². The number of carbonyl (C=O) groups is 1. The number of rotatable bonds is 4. The number of nitrogens with one attached hydrogen (secondary N) is 2. The number of carbonyl (C=O) groups excluding carboxylic acids is 1. The van der Waals surface area contributed by atoms with Gasteiger partial charge in [0.1, 0.15) is 11.6 Å². The average molecular weight is 309 g/mol. The van der Waals surface area contributed by atoms with Crippen LogP contribution in [0, 0.1) is 5.82 Å². The standard InChI is InChI=1S/C15H14ClFN2O2/c1-18-14-10(4-3-5-12(14)17)15(20)19-9-6-7-11(16)13(8-9)21-2/h3-8,18H,1-2H3,(H,19,20). The van der Waals surface area contributed by atoms with E-state index in [1.54, 1.807) is 25.2 Å². The lowest BCUT2D eigenvalue weighted by Gasteiger charge is -2.11. The predicted molar refractivity (Wildman–Crippen MR) is 81.9 cm³/mol. The normalized spacial score (nSPS) is 10.1. The fourth-order valence-electron chi connectivity index (χ4n) is 1.90. The Labute approximate surface area is 126 Å². The third kappa shape index (κ3) is 3.25. The highest BCUT2D eigenvalue weighted by atomic mass is 35.5. The maximum atomic E-state index is 13.6. The largest absolute Gasteiger partial charge is 0.495 e. The Morgan fingerprint density at radius 3 is 2.71 bits per heavy atom. The summed E-state index contributed by atoms with van der Waals surface area (Å²) in [6.45, 7) is 0. The van der Waals surface area contributed by atoms with E-state index in [1.165, 1.54) is 25.3 Å². The van der Waals surface area contributed by atoms with Gasteiger partial charge < -0.3 is 15.4 Å². The van der Waals surface area contributed by atoms with Crippen molar-refractivity contribution in [1.29, 1.82) is 0 Å². The number of amides is 1. The third-order valence-electron chi connectivity index (χ3n) is 2.92. The summed E-state index contributed by atoms with van der Waals surface area (Å²) in [5.74, 6) is -0.468. The number of para-hydroxylation sites is 1. The Kier molecular flexibility index (Phi) is 4.65. The van der Waals surface area contributed by atoms with Gasteiger partial charge in [-0.2, -0.15) is 0 Å². The Bertz CT molecular complexity index is 677. The van der Waals surface area contributed by atoms with Gasteiger partial charge in [-0.3, -0.25) is 4.79 Å². The monoisotopic (exact) mass is 308 g/mol. The fourth-order valence-corrected chi connectivity index (χ4v) is 2.10. The minimum atomic E-state index is -0.487. The molecule has 6 heteroatoms. The second-order valence-corrected chi connectivity index (χ2v) is 4.62. The molecule has 0 aliphatic rings. The summed E-state index contributed by atoms with van der Waals surface area (Å²) < 4.78 is 18.7. The lowest BCUT2D eigenvalue weighted by molar-refractivity contribution is 0.102. The first kappa shape index (κ1) is 15.1. The van der Waals surface area contributed by atoms with Crippen molar-refractivity contribution in [3.05, 3.63) is 52.8 Å². The van der Waals surface area contributed by atoms with E-state index in [1.807, 2.05) is 0 Å². The highest BCUT2D eigenvalue weighted by Gasteiger charge is 2.14. The molecule has 0 aliphatic heterocycles. The summed E-state index contributed by atoms with van der Waals surface area (Å²) in [7, 11) is 3.04. The molecule has 0 spiro atoms. The van der Waals surface area contributed by atoms with Crippen LogP contribution in [0.2, 0.25) is 5.02 Å². The molecule has 0 radical (unpaired) electrons. The molecule has 0 saturated carbocycles. The van der Waals surface area contributed by atoms with Crippen LogP contribution in [-0.2, 0) is 0 Å². The van der Waals surface area contributed by atoms with Gasteiger partial charge in [-0.25, -0.2) is 4.39 Å². The van der Waals surface area contributed by atoms with Crippen LogP contribution in [0.1, 0.15) is 10.4 Å². The van der Waals surface area contributed by atoms with Gasteiger partial charge in [0.25, 0.3) is 5.91 Å². The molecule has 110 valence electrons. The molecule has 0 fully saturated rings. The molecule has 0 aromatic heterocycles. The quantitative estimate of drug-likeness (QED) is 0.903. The summed E-state index contributed by atoms with van der Waals surface area (Å²) in [4.78, 5) is 12.2. The summed E-state index contributed by atoms with van der Waals surface area (Å²) >= 11 is 5.92. The number of halogens is 2. The van der Waals surface area contributed by atoms with Gasteiger partial charge in [0, 0.05) is 18.8 Å². The molecule has 0 saturated heterocycles. The van der Waals surface area contributed by atoms with Crippen molar-refractivity contribution in [2.45, 2.75) is 0 Å². The van der Waals surface area contributed by atoms with Crippen molar-refractivity contribution in [3.63, 3.8) is 0 Å². The van der Waals surface area contributed by atoms with Crippen LogP contribution in [0.3, 0.4) is 0 Å². The van der Waals surface area contributed by atoms with Gasteiger partial charge in [-0.05, 0) is 24.3 Å². The highest BCUT2D eigenvalue weighted by molar-refractivity contribution is 6.32. The summed E-state index contributed by atoms with van der Waals surface area (Å²) in [5, 5.41) is 5.80. The lowest BCUT2D eigenvalue weighted by atomic mass is 10.1. The lowest BCUT2D eigenvalue weighted by Crippen LogP contribution is -2.14. The molecule has 2 rings (SSSR count). The van der Waals surface area contributed by atoms with Crippen LogP contribution in [0.25, 0.3) is 0 Å². The second-order valence-electron chi connectivity index (χ2n) is 4.22. The molecule has 2 N–H and O–H groups in total. The Hall–Kier alpha value is -2.27. The highest BCUT2D eigenvalue weighted by Crippen LogP contribution is 2.28. The zero-order valence-electron chi connectivity index (χ0n) is 11.5. The van der Waals surface area contributed by atoms with Gasteiger partial charge in [-0.15, -0.1) is 0 Å². The molecular formula is C15H14ClFN2O2. The van der Waals surface area contributed by atoms with Crippen molar-refractivity contribution < 1.29 is 13.9 Å². The molecule has 2 aromatic rings. The number of anilines is 2. The molecule has 0 heterocycles. The van der Waals surface area contributed by atoms with Crippen molar-refractivity contribution in [3.8, 4) is 5.75 Å². The number of hydrogen-bond donors (Lipinski definition) is 2. The maximum Gasteiger partial charge on any atom is 0.257 e. The average Bonchev–Trinajstić information content (AvgIpc) is 2.48. The van der Waals surface area contributed by atoms with Crippen LogP contribution >= 0.6 is 11.6 Å². The Morgan fingerprint density at radius 2 is 2.05 bits per heavy atom. The number of benzene rings is 2. The van der Waals surface area contributed by atoms with E-state index in [0.717, 1.165) is 0 Å². The summed E-state index contributed by atoms with van der Waals surface area (Å²) in [5.41, 5.74) is 0.870. The van der Waals surface area contributed by atoms with E-state index in [2.05, 4.69) is 10.6 Å². The molecule has 0 bridgehead atoms. The molecule has 0 unspecified atom stereocenters. The zero-order chi connectivity index (χ0) is 15.4. The van der Waals surface area contributed by atoms with Gasteiger partial charge in [-0.1, -0.05) is 17.7 Å². The van der Waals surface area contributed by atoms with Crippen molar-refractivity contribution in [2.75, 3.05) is 24.8 Å².